The van der Waals surface area contributed by atoms with E-state index in [9.17, 15) is 78.1 Å². The molecular formula is C67H54ClN9O25S10. The molecule has 8 N–H and O–H groups in total. The molecule has 16 rings (SSSR count). The first-order chi connectivity index (χ1) is 53.5. The van der Waals surface area contributed by atoms with Crippen LogP contribution in [0.15, 0.2) is 156 Å². The van der Waals surface area contributed by atoms with E-state index in [0.717, 1.165) is 90.8 Å². The van der Waals surface area contributed by atoms with Crippen molar-refractivity contribution in [3.05, 3.63) is 182 Å². The third kappa shape index (κ3) is 16.8. The quantitative estimate of drug-likeness (QED) is 0.0259. The van der Waals surface area contributed by atoms with Crippen molar-refractivity contribution in [3.8, 4) is 69.0 Å². The van der Waals surface area contributed by atoms with Crippen molar-refractivity contribution in [2.75, 3.05) is 66.2 Å². The molecular weight excluding hydrogens is 1690 g/mol. The number of phenolic OH excluding ortho intramolecular Hbond substituents is 4. The number of hydrogen-bond donors (Lipinski definition) is 8. The molecule has 0 unspecified atom stereocenters. The van der Waals surface area contributed by atoms with Gasteiger partial charge in [-0.2, -0.15) is 0 Å². The number of sulfonamides is 4. The number of thiophene rings is 4. The van der Waals surface area contributed by atoms with Gasteiger partial charge in [-0.3, -0.25) is 57.0 Å². The highest BCUT2D eigenvalue weighted by Gasteiger charge is 2.34. The minimum atomic E-state index is -3.87. The van der Waals surface area contributed by atoms with Crippen LogP contribution in [-0.2, 0) is 49.7 Å². The van der Waals surface area contributed by atoms with Crippen molar-refractivity contribution in [2.24, 2.45) is 0 Å². The van der Waals surface area contributed by atoms with Crippen LogP contribution in [0.3, 0.4) is 0 Å². The number of ether oxygens (including phenoxy) is 8. The summed E-state index contributed by atoms with van der Waals surface area (Å²) in [6.07, 6.45) is 13.6. The van der Waals surface area contributed by atoms with Gasteiger partial charge in [0.1, 0.15) is 22.0 Å². The number of thiazole rings is 2. The number of anilines is 4. The fourth-order valence-corrected chi connectivity index (χ4v) is 20.3. The van der Waals surface area contributed by atoms with E-state index >= 15 is 0 Å². The Kier molecular flexibility index (Phi) is 22.8. The van der Waals surface area contributed by atoms with Crippen LogP contribution in [-0.4, -0.2) is 143 Å². The van der Waals surface area contributed by atoms with E-state index in [1.54, 1.807) is 76.2 Å². The van der Waals surface area contributed by atoms with Crippen molar-refractivity contribution in [2.45, 2.75) is 23.8 Å². The average Bonchev–Trinajstić information content (AvgIpc) is 1.60. The predicted molar refractivity (Wildman–Crippen MR) is 419 cm³/mol. The summed E-state index contributed by atoms with van der Waals surface area (Å²) in [4.78, 5) is 62.3. The summed E-state index contributed by atoms with van der Waals surface area (Å²) < 4.78 is 156. The second kappa shape index (κ2) is 32.5. The van der Waals surface area contributed by atoms with Gasteiger partial charge in [-0.15, -0.1) is 45.3 Å². The SMILES string of the molecule is CN1CCN(/C=C/c2cc(NS(=O)(=O)c3cccs3)c3c(c2O)OCO3)C1=O.Cc1csc(=O)n1/C=C/c1cc(NS(=O)(=O)c2cccs2)c2c(c1O)OCO2.O=C1C=CC(=O)N1/C=C/c1cc(NS(=O)(=O)c2cccs2)c2c(c1O)OCO2.O=c1scc(Cl)n1/C=C/c1cc(NS(=O)(=O)c2cccs2)c2c(c1O)OCO2. The Morgan fingerprint density at radius 1 is 0.420 bits per heavy atom. The zero-order valence-corrected chi connectivity index (χ0v) is 65.9. The maximum atomic E-state index is 12.6. The maximum Gasteiger partial charge on any atom is 0.323 e. The molecule has 4 amide bonds. The van der Waals surface area contributed by atoms with Crippen LogP contribution in [0.4, 0.5) is 27.5 Å². The lowest BCUT2D eigenvalue weighted by molar-refractivity contribution is -0.133. The van der Waals surface area contributed by atoms with Crippen LogP contribution < -0.4 is 66.5 Å². The summed E-state index contributed by atoms with van der Waals surface area (Å²) in [6.45, 7) is 2.25. The fourth-order valence-electron chi connectivity index (χ4n) is 10.6. The summed E-state index contributed by atoms with van der Waals surface area (Å²) in [5.41, 5.74) is 2.06. The minimum absolute atomic E-state index is 0.00907. The van der Waals surface area contributed by atoms with Gasteiger partial charge in [0, 0.05) is 95.8 Å². The van der Waals surface area contributed by atoms with Gasteiger partial charge in [-0.25, -0.2) is 38.5 Å². The largest absolute Gasteiger partial charge is 0.504 e. The molecule has 0 bridgehead atoms. The van der Waals surface area contributed by atoms with Crippen molar-refractivity contribution in [1.82, 2.24) is 23.8 Å². The van der Waals surface area contributed by atoms with E-state index in [-0.39, 0.29) is 179 Å². The van der Waals surface area contributed by atoms with Crippen LogP contribution in [0, 0.1) is 6.92 Å². The molecule has 0 radical (unpaired) electrons. The molecule has 34 nitrogen and oxygen atoms in total. The van der Waals surface area contributed by atoms with Gasteiger partial charge in [0.2, 0.25) is 50.2 Å². The summed E-state index contributed by atoms with van der Waals surface area (Å²) in [7, 11) is -13.6. The van der Waals surface area contributed by atoms with Crippen molar-refractivity contribution < 1.29 is 106 Å². The van der Waals surface area contributed by atoms with Crippen molar-refractivity contribution in [3.63, 3.8) is 0 Å². The highest BCUT2D eigenvalue weighted by Crippen LogP contribution is 2.53. The highest BCUT2D eigenvalue weighted by atomic mass is 35.5. The van der Waals surface area contributed by atoms with E-state index in [4.69, 9.17) is 49.5 Å². The van der Waals surface area contributed by atoms with Gasteiger partial charge < -0.3 is 63.2 Å². The van der Waals surface area contributed by atoms with Gasteiger partial charge in [0.15, 0.2) is 46.0 Å². The molecule has 112 heavy (non-hydrogen) atoms. The first-order valence-electron chi connectivity index (χ1n) is 31.7. The molecule has 12 heterocycles. The Balaban J connectivity index is 0.000000131. The molecule has 4 aromatic carbocycles. The van der Waals surface area contributed by atoms with Gasteiger partial charge in [0.05, 0.1) is 22.7 Å². The lowest BCUT2D eigenvalue weighted by Crippen LogP contribution is -2.25. The molecule has 0 saturated carbocycles. The third-order valence-electron chi connectivity index (χ3n) is 15.9. The molecule has 1 fully saturated rings. The molecule has 10 aromatic rings. The number of nitrogens with zero attached hydrogens (tertiary/aromatic N) is 5. The molecule has 6 aliphatic heterocycles. The number of rotatable bonds is 20. The number of imide groups is 1. The Morgan fingerprint density at radius 3 is 1.03 bits per heavy atom. The molecule has 0 aliphatic carbocycles. The topological polar surface area (TPSA) is 444 Å². The van der Waals surface area contributed by atoms with Gasteiger partial charge in [-0.1, -0.05) is 58.5 Å². The number of halogens is 1. The van der Waals surface area contributed by atoms with Gasteiger partial charge in [0.25, 0.3) is 51.9 Å². The normalized spacial score (nSPS) is 14.7. The Morgan fingerprint density at radius 2 is 0.732 bits per heavy atom. The highest BCUT2D eigenvalue weighted by molar-refractivity contribution is 7.95. The number of benzene rings is 4. The number of urea groups is 1. The Bertz CT molecular complexity index is 5900. The number of fused-ring (bicyclic) bond motifs is 4. The number of aromatic nitrogens is 2. The van der Waals surface area contributed by atoms with Crippen LogP contribution in [0.2, 0.25) is 5.15 Å². The summed E-state index contributed by atoms with van der Waals surface area (Å²) in [5.74, 6) is -1.59. The first-order valence-corrected chi connectivity index (χ1v) is 43.2. The van der Waals surface area contributed by atoms with E-state index < -0.39 is 51.9 Å². The van der Waals surface area contributed by atoms with E-state index in [0.29, 0.717) is 13.1 Å². The number of amides is 4. The molecule has 1 saturated heterocycles. The lowest BCUT2D eigenvalue weighted by Gasteiger charge is -2.13. The number of hydrogen-bond acceptors (Lipinski definition) is 31. The molecule has 584 valence electrons. The monoisotopic (exact) mass is 1740 g/mol. The van der Waals surface area contributed by atoms with Crippen LogP contribution in [0.1, 0.15) is 27.9 Å². The smallest absolute Gasteiger partial charge is 0.323 e. The molecule has 0 spiro atoms. The summed E-state index contributed by atoms with van der Waals surface area (Å²) >= 11 is 12.2. The molecule has 6 aromatic heterocycles. The van der Waals surface area contributed by atoms with Gasteiger partial charge in [-0.05, 0) is 101 Å². The third-order valence-corrected chi connectivity index (χ3v) is 29.0. The zero-order valence-electron chi connectivity index (χ0n) is 57.0. The van der Waals surface area contributed by atoms with Gasteiger partial charge >= 0.3 is 15.8 Å². The van der Waals surface area contributed by atoms with Crippen molar-refractivity contribution >= 4 is 197 Å². The lowest BCUT2D eigenvalue weighted by atomic mass is 10.1. The predicted octanol–water partition coefficient (Wildman–Crippen LogP) is 10.8. The van der Waals surface area contributed by atoms with Crippen molar-refractivity contribution in [1.29, 1.82) is 0 Å². The molecule has 45 heteroatoms. The Hall–Kier alpha value is -11.5. The summed E-state index contributed by atoms with van der Waals surface area (Å²) in [5, 5.41) is 51.7. The number of aryl methyl sites for hydroxylation is 1. The van der Waals surface area contributed by atoms with E-state index in [2.05, 4.69) is 18.9 Å². The minimum Gasteiger partial charge on any atom is -0.504 e. The number of nitrogens with one attached hydrogen (secondary N) is 4. The second-order valence-electron chi connectivity index (χ2n) is 23.1. The van der Waals surface area contributed by atoms with E-state index in [1.807, 2.05) is 0 Å². The molecule has 0 atom stereocenters. The summed E-state index contributed by atoms with van der Waals surface area (Å²) in [6, 6.07) is 17.8. The van der Waals surface area contributed by atoms with E-state index in [1.165, 1.54) is 111 Å². The average molecular weight is 1740 g/mol. The maximum absolute atomic E-state index is 12.6. The second-order valence-corrected chi connectivity index (χ2v) is 36.6. The number of phenols is 4. The number of carbonyl (C=O) groups excluding carboxylic acids is 3. The standard InChI is InChI=1S/C17H17N3O6S2.C17H12N2O7S2.C17H14N2O6S3.C16H11ClN2O6S3/c1-19-6-7-20(17(19)22)5-4-11-9-12(15-16(14(11)21)26-10-25-15)18-28(23,24)13-3-2-8-27-13;20-12-3-4-13(21)19(12)6-5-10-8-11(16-17(15(10)22)26-9-25-16)18-28(23,24)14-2-1-7-27-14;1-10-8-27-17(21)19(10)5-4-11-7-12(15-16(14(11)20)25-9-24-15)18-28(22,23)13-3-2-6-26-13;17-11-7-27-16(21)19(11)4-3-9-6-10(14-15(13(9)20)25-8-24-14)18-28(22,23)12-2-1-5-26-12/h2-5,8-9,18,21H,6-7,10H2,1H3;1-8,18,22H,9H2;2-8,18,20H,9H2,1H3;1-7,18,20H,8H2/b5-4+;6-5+;5-4+;4-3+. The van der Waals surface area contributed by atoms with Crippen LogP contribution >= 0.6 is 79.6 Å². The van der Waals surface area contributed by atoms with Crippen LogP contribution in [0.5, 0.6) is 69.0 Å². The fraction of sp³-hybridized carbons (Fsp3) is 0.119. The van der Waals surface area contributed by atoms with Crippen LogP contribution in [0.25, 0.3) is 36.7 Å². The Labute approximate surface area is 663 Å². The number of aromatic hydroxyl groups is 4. The number of carbonyl (C=O) groups is 3. The first kappa shape index (κ1) is 78.7. The number of likely N-dealkylation sites (N-methyl/N-ethyl adjacent to an activating group) is 1. The molecule has 6 aliphatic rings. The zero-order chi connectivity index (χ0) is 79.6.